The van der Waals surface area contributed by atoms with Gasteiger partial charge in [0.1, 0.15) is 11.9 Å². The Hall–Kier alpha value is -2.12. The van der Waals surface area contributed by atoms with Crippen LogP contribution >= 0.6 is 11.8 Å². The number of benzene rings is 2. The first-order valence-corrected chi connectivity index (χ1v) is 7.53. The average Bonchev–Trinajstić information content (AvgIpc) is 2.96. The molecule has 0 radical (unpaired) electrons. The highest BCUT2D eigenvalue weighted by atomic mass is 32.2. The van der Waals surface area contributed by atoms with E-state index in [9.17, 15) is 13.2 Å². The predicted octanol–water partition coefficient (Wildman–Crippen LogP) is 4.79. The van der Waals surface area contributed by atoms with Gasteiger partial charge in [-0.3, -0.25) is 10.3 Å². The number of thioether (sulfide) groups is 1. The molecule has 0 spiro atoms. The number of rotatable bonds is 4. The average molecular weight is 339 g/mol. The van der Waals surface area contributed by atoms with E-state index in [0.29, 0.717) is 0 Å². The fraction of sp³-hybridized carbons (Fsp3) is 0.125. The first-order chi connectivity index (χ1) is 11.0. The standard InChI is InChI=1S/C16H12F3NO2S/c17-16(18,19)21-12-8-6-11(7-9-12)14-10-15(20-22-14)23-13-4-2-1-3-5-13/h1-10,14,20H/t14-/m0/s1. The number of hydrogen-bond acceptors (Lipinski definition) is 4. The van der Waals surface area contributed by atoms with Crippen LogP contribution in [0.5, 0.6) is 5.75 Å². The van der Waals surface area contributed by atoms with Gasteiger partial charge in [-0.1, -0.05) is 42.1 Å². The molecule has 2 aromatic carbocycles. The monoisotopic (exact) mass is 339 g/mol. The molecular formula is C16H12F3NO2S. The first-order valence-electron chi connectivity index (χ1n) is 6.72. The van der Waals surface area contributed by atoms with E-state index >= 15 is 0 Å². The minimum atomic E-state index is -4.69. The van der Waals surface area contributed by atoms with E-state index in [1.54, 1.807) is 12.1 Å². The largest absolute Gasteiger partial charge is 0.573 e. The lowest BCUT2D eigenvalue weighted by molar-refractivity contribution is -0.274. The zero-order chi connectivity index (χ0) is 16.3. The maximum Gasteiger partial charge on any atom is 0.573 e. The third-order valence-corrected chi connectivity index (χ3v) is 3.95. The van der Waals surface area contributed by atoms with Gasteiger partial charge in [0, 0.05) is 4.90 Å². The summed E-state index contributed by atoms with van der Waals surface area (Å²) in [6.07, 6.45) is -3.18. The molecule has 0 bridgehead atoms. The molecule has 1 heterocycles. The zero-order valence-corrected chi connectivity index (χ0v) is 12.5. The summed E-state index contributed by atoms with van der Waals surface area (Å²) in [6, 6.07) is 15.4. The van der Waals surface area contributed by atoms with Crippen molar-refractivity contribution >= 4 is 11.8 Å². The van der Waals surface area contributed by atoms with E-state index in [0.717, 1.165) is 15.5 Å². The number of ether oxygens (including phenoxy) is 1. The molecule has 3 rings (SSSR count). The molecule has 0 aromatic heterocycles. The molecule has 23 heavy (non-hydrogen) atoms. The Morgan fingerprint density at radius 2 is 1.70 bits per heavy atom. The summed E-state index contributed by atoms with van der Waals surface area (Å²) in [6.45, 7) is 0. The lowest BCUT2D eigenvalue weighted by Gasteiger charge is -2.11. The third kappa shape index (κ3) is 4.43. The summed E-state index contributed by atoms with van der Waals surface area (Å²) in [4.78, 5) is 6.50. The van der Waals surface area contributed by atoms with Crippen molar-refractivity contribution in [1.29, 1.82) is 0 Å². The van der Waals surface area contributed by atoms with E-state index in [2.05, 4.69) is 10.2 Å². The summed E-state index contributed by atoms with van der Waals surface area (Å²) in [5, 5.41) is 0.830. The van der Waals surface area contributed by atoms with Crippen LogP contribution in [0.2, 0.25) is 0 Å². The lowest BCUT2D eigenvalue weighted by Crippen LogP contribution is -2.17. The van der Waals surface area contributed by atoms with Crippen molar-refractivity contribution < 1.29 is 22.7 Å². The highest BCUT2D eigenvalue weighted by molar-refractivity contribution is 8.03. The van der Waals surface area contributed by atoms with Crippen LogP contribution in [0, 0.1) is 0 Å². The molecule has 0 saturated heterocycles. The first kappa shape index (κ1) is 15.8. The molecule has 0 amide bonds. The Labute approximate surface area is 135 Å². The number of alkyl halides is 3. The summed E-state index contributed by atoms with van der Waals surface area (Å²) in [5.41, 5.74) is 3.55. The Morgan fingerprint density at radius 3 is 2.35 bits per heavy atom. The van der Waals surface area contributed by atoms with Gasteiger partial charge in [0.15, 0.2) is 0 Å². The minimum absolute atomic E-state index is 0.255. The molecule has 1 aliphatic rings. The predicted molar refractivity (Wildman–Crippen MR) is 80.5 cm³/mol. The fourth-order valence-electron chi connectivity index (χ4n) is 2.02. The summed E-state index contributed by atoms with van der Waals surface area (Å²) >= 11 is 1.51. The van der Waals surface area contributed by atoms with Crippen LogP contribution in [-0.4, -0.2) is 6.36 Å². The zero-order valence-electron chi connectivity index (χ0n) is 11.7. The molecule has 1 atom stereocenters. The molecule has 120 valence electrons. The summed E-state index contributed by atoms with van der Waals surface area (Å²) in [5.74, 6) is -0.255. The van der Waals surface area contributed by atoms with E-state index < -0.39 is 6.36 Å². The number of hydrogen-bond donors (Lipinski definition) is 1. The molecule has 0 aliphatic carbocycles. The molecule has 0 unspecified atom stereocenters. The van der Waals surface area contributed by atoms with Gasteiger partial charge >= 0.3 is 6.36 Å². The molecule has 1 aliphatic heterocycles. The Bertz CT molecular complexity index is 687. The molecular weight excluding hydrogens is 327 g/mol. The van der Waals surface area contributed by atoms with Gasteiger partial charge in [-0.25, -0.2) is 0 Å². The van der Waals surface area contributed by atoms with Crippen molar-refractivity contribution in [3.8, 4) is 5.75 Å². The molecule has 0 saturated carbocycles. The van der Waals surface area contributed by atoms with Crippen LogP contribution in [0.25, 0.3) is 0 Å². The molecule has 3 nitrogen and oxygen atoms in total. The van der Waals surface area contributed by atoms with Crippen LogP contribution in [0.4, 0.5) is 13.2 Å². The smallest absolute Gasteiger partial charge is 0.406 e. The Morgan fingerprint density at radius 1 is 1.00 bits per heavy atom. The van der Waals surface area contributed by atoms with Crippen molar-refractivity contribution in [1.82, 2.24) is 5.48 Å². The molecule has 7 heteroatoms. The maximum absolute atomic E-state index is 12.1. The quantitative estimate of drug-likeness (QED) is 0.867. The van der Waals surface area contributed by atoms with Crippen LogP contribution in [-0.2, 0) is 4.84 Å². The number of nitrogens with one attached hydrogen (secondary N) is 1. The molecule has 1 N–H and O–H groups in total. The van der Waals surface area contributed by atoms with Gasteiger partial charge in [-0.05, 0) is 35.9 Å². The van der Waals surface area contributed by atoms with Crippen LogP contribution in [0.1, 0.15) is 11.7 Å². The van der Waals surface area contributed by atoms with Crippen molar-refractivity contribution in [2.75, 3.05) is 0 Å². The highest BCUT2D eigenvalue weighted by Crippen LogP contribution is 2.33. The summed E-state index contributed by atoms with van der Waals surface area (Å²) in [7, 11) is 0. The van der Waals surface area contributed by atoms with Crippen LogP contribution in [0.3, 0.4) is 0 Å². The van der Waals surface area contributed by atoms with E-state index in [-0.39, 0.29) is 11.9 Å². The highest BCUT2D eigenvalue weighted by Gasteiger charge is 2.31. The topological polar surface area (TPSA) is 30.5 Å². The van der Waals surface area contributed by atoms with E-state index in [1.165, 1.54) is 23.9 Å². The van der Waals surface area contributed by atoms with Crippen LogP contribution in [0.15, 0.2) is 70.6 Å². The maximum atomic E-state index is 12.1. The van der Waals surface area contributed by atoms with Gasteiger partial charge in [0.2, 0.25) is 0 Å². The second kappa shape index (κ2) is 6.55. The molecule has 0 fully saturated rings. The third-order valence-electron chi connectivity index (χ3n) is 3.00. The van der Waals surface area contributed by atoms with Gasteiger partial charge < -0.3 is 4.74 Å². The van der Waals surface area contributed by atoms with Gasteiger partial charge in [0.05, 0.1) is 5.03 Å². The van der Waals surface area contributed by atoms with E-state index in [4.69, 9.17) is 4.84 Å². The number of halogens is 3. The van der Waals surface area contributed by atoms with Crippen molar-refractivity contribution in [3.05, 3.63) is 71.3 Å². The normalized spacial score (nSPS) is 17.5. The Kier molecular flexibility index (Phi) is 4.49. The van der Waals surface area contributed by atoms with Gasteiger partial charge in [-0.15, -0.1) is 13.2 Å². The Balaban J connectivity index is 1.66. The SMILES string of the molecule is FC(F)(F)Oc1ccc([C@@H]2C=C(Sc3ccccc3)NO2)cc1. The second-order valence-corrected chi connectivity index (χ2v) is 5.82. The van der Waals surface area contributed by atoms with Gasteiger partial charge in [-0.2, -0.15) is 0 Å². The van der Waals surface area contributed by atoms with Gasteiger partial charge in [0.25, 0.3) is 0 Å². The fourth-order valence-corrected chi connectivity index (χ4v) is 2.85. The van der Waals surface area contributed by atoms with Crippen molar-refractivity contribution in [3.63, 3.8) is 0 Å². The summed E-state index contributed by atoms with van der Waals surface area (Å²) < 4.78 is 40.2. The lowest BCUT2D eigenvalue weighted by atomic mass is 10.1. The second-order valence-electron chi connectivity index (χ2n) is 4.70. The number of hydroxylamine groups is 1. The van der Waals surface area contributed by atoms with Crippen LogP contribution < -0.4 is 10.2 Å². The van der Waals surface area contributed by atoms with Crippen molar-refractivity contribution in [2.45, 2.75) is 17.4 Å². The molecule has 2 aromatic rings. The van der Waals surface area contributed by atoms with Crippen molar-refractivity contribution in [2.24, 2.45) is 0 Å². The van der Waals surface area contributed by atoms with E-state index in [1.807, 2.05) is 36.4 Å². The minimum Gasteiger partial charge on any atom is -0.406 e.